The SMILES string of the molecule is COc1cccc(C(=O)Nc2ccc(OCCBr)c(-c3ccnn3C)c2)c1.COc1cccc(C(=O)Nc2ccc(OCCN3CCN(C(C)=O)CC3)c(-c3ccnn3C)c2)c1. The van der Waals surface area contributed by atoms with Gasteiger partial charge in [0.05, 0.1) is 32.2 Å². The maximum absolute atomic E-state index is 12.8. The van der Waals surface area contributed by atoms with Crippen LogP contribution in [0.4, 0.5) is 11.4 Å². The van der Waals surface area contributed by atoms with E-state index < -0.39 is 0 Å². The number of hydrogen-bond acceptors (Lipinski definition) is 10. The Morgan fingerprint density at radius 2 is 1.13 bits per heavy atom. The van der Waals surface area contributed by atoms with Crippen molar-refractivity contribution in [1.82, 2.24) is 29.4 Å². The lowest BCUT2D eigenvalue weighted by Crippen LogP contribution is -2.48. The highest BCUT2D eigenvalue weighted by molar-refractivity contribution is 9.09. The number of rotatable bonds is 15. The van der Waals surface area contributed by atoms with Crippen molar-refractivity contribution in [2.45, 2.75) is 6.92 Å². The van der Waals surface area contributed by atoms with E-state index in [1.165, 1.54) is 0 Å². The lowest BCUT2D eigenvalue weighted by Gasteiger charge is -2.34. The number of nitrogens with zero attached hydrogens (tertiary/aromatic N) is 6. The first kappa shape index (κ1) is 44.9. The minimum atomic E-state index is -0.224. The Morgan fingerprint density at radius 3 is 1.55 bits per heavy atom. The summed E-state index contributed by atoms with van der Waals surface area (Å²) in [5, 5.41) is 15.1. The molecule has 6 aromatic rings. The standard InChI is InChI=1S/C26H31N5O4.C20H20BrN3O3/c1-19(32)31-13-11-30(12-14-31)15-16-35-25-8-7-21(18-23(25)24-9-10-27-29(24)2)28-26(33)20-5-4-6-22(17-20)34-3;1-24-18(8-10-22-24)17-13-15(6-7-19(17)27-11-9-21)23-20(25)14-4-3-5-16(12-14)26-2/h4-10,17-18H,11-16H2,1-3H3,(H,28,33);3-8,10,12-13H,9,11H2,1-2H3,(H,23,25). The van der Waals surface area contributed by atoms with Crippen LogP contribution in [0.5, 0.6) is 23.0 Å². The Balaban J connectivity index is 0.000000214. The number of carbonyl (C=O) groups is 3. The summed E-state index contributed by atoms with van der Waals surface area (Å²) in [6.45, 7) is 6.61. The van der Waals surface area contributed by atoms with Gasteiger partial charge in [0.25, 0.3) is 11.8 Å². The van der Waals surface area contributed by atoms with Crippen molar-refractivity contribution in [3.8, 4) is 45.5 Å². The molecule has 3 heterocycles. The number of hydrogen-bond donors (Lipinski definition) is 2. The van der Waals surface area contributed by atoms with Gasteiger partial charge in [-0.15, -0.1) is 0 Å². The monoisotopic (exact) mass is 906 g/mol. The Kier molecular flexibility index (Phi) is 15.7. The highest BCUT2D eigenvalue weighted by Gasteiger charge is 2.20. The molecule has 0 atom stereocenters. The molecule has 1 fully saturated rings. The third kappa shape index (κ3) is 11.8. The number of nitrogens with one attached hydrogen (secondary N) is 2. The molecular weight excluding hydrogens is 856 g/mol. The Hall–Kier alpha value is -6.65. The topological polar surface area (TPSA) is 154 Å². The number of amides is 3. The van der Waals surface area contributed by atoms with E-state index >= 15 is 0 Å². The van der Waals surface area contributed by atoms with Gasteiger partial charge in [-0.1, -0.05) is 28.1 Å². The summed E-state index contributed by atoms with van der Waals surface area (Å²) in [4.78, 5) is 41.1. The molecule has 2 N–H and O–H groups in total. The van der Waals surface area contributed by atoms with Crippen LogP contribution < -0.4 is 29.6 Å². The van der Waals surface area contributed by atoms with Gasteiger partial charge in [-0.3, -0.25) is 28.6 Å². The number of methoxy groups -OCH3 is 2. The first-order chi connectivity index (χ1) is 30.1. The van der Waals surface area contributed by atoms with Crippen molar-refractivity contribution < 1.29 is 33.3 Å². The van der Waals surface area contributed by atoms with E-state index in [0.29, 0.717) is 47.2 Å². The summed E-state index contributed by atoms with van der Waals surface area (Å²) in [5.41, 5.74) is 5.85. The molecule has 15 nitrogen and oxygen atoms in total. The van der Waals surface area contributed by atoms with Crippen LogP contribution in [0.1, 0.15) is 27.6 Å². The maximum Gasteiger partial charge on any atom is 0.255 e. The molecule has 0 radical (unpaired) electrons. The summed E-state index contributed by atoms with van der Waals surface area (Å²) in [6, 6.07) is 29.0. The number of alkyl halides is 1. The molecule has 0 unspecified atom stereocenters. The largest absolute Gasteiger partial charge is 0.497 e. The van der Waals surface area contributed by atoms with Gasteiger partial charge in [0.1, 0.15) is 29.6 Å². The highest BCUT2D eigenvalue weighted by Crippen LogP contribution is 2.34. The third-order valence-electron chi connectivity index (χ3n) is 10.1. The van der Waals surface area contributed by atoms with Gasteiger partial charge in [-0.2, -0.15) is 10.2 Å². The van der Waals surface area contributed by atoms with Crippen molar-refractivity contribution in [1.29, 1.82) is 0 Å². The molecule has 1 aliphatic heterocycles. The maximum atomic E-state index is 12.8. The van der Waals surface area contributed by atoms with Crippen LogP contribution in [0.2, 0.25) is 0 Å². The number of piperazine rings is 1. The number of halogens is 1. The molecule has 16 heteroatoms. The molecule has 0 bridgehead atoms. The smallest absolute Gasteiger partial charge is 0.255 e. The van der Waals surface area contributed by atoms with Gasteiger partial charge in [-0.25, -0.2) is 0 Å². The van der Waals surface area contributed by atoms with E-state index in [9.17, 15) is 14.4 Å². The second-order valence-corrected chi connectivity index (χ2v) is 15.0. The van der Waals surface area contributed by atoms with Crippen LogP contribution in [0, 0.1) is 0 Å². The van der Waals surface area contributed by atoms with Crippen LogP contribution in [-0.2, 0) is 18.9 Å². The molecule has 0 saturated carbocycles. The van der Waals surface area contributed by atoms with Gasteiger partial charge < -0.3 is 34.5 Å². The highest BCUT2D eigenvalue weighted by atomic mass is 79.9. The number of aromatic nitrogens is 4. The second-order valence-electron chi connectivity index (χ2n) is 14.2. The summed E-state index contributed by atoms with van der Waals surface area (Å²) < 4.78 is 25.9. The van der Waals surface area contributed by atoms with E-state index in [4.69, 9.17) is 18.9 Å². The number of benzene rings is 4. The van der Waals surface area contributed by atoms with Crippen molar-refractivity contribution in [2.24, 2.45) is 14.1 Å². The normalized spacial score (nSPS) is 12.5. The fourth-order valence-corrected chi connectivity index (χ4v) is 6.96. The average Bonchev–Trinajstić information content (AvgIpc) is 3.93. The minimum Gasteiger partial charge on any atom is -0.497 e. The predicted molar refractivity (Wildman–Crippen MR) is 243 cm³/mol. The number of anilines is 2. The van der Waals surface area contributed by atoms with Crippen LogP contribution in [-0.4, -0.2) is 113 Å². The molecule has 1 aliphatic rings. The molecule has 2 aromatic heterocycles. The van der Waals surface area contributed by atoms with E-state index in [2.05, 4.69) is 41.7 Å². The van der Waals surface area contributed by atoms with E-state index in [-0.39, 0.29) is 17.7 Å². The number of ether oxygens (including phenoxy) is 4. The number of carbonyl (C=O) groups excluding carboxylic acids is 3. The van der Waals surface area contributed by atoms with Crippen molar-refractivity contribution in [3.63, 3.8) is 0 Å². The van der Waals surface area contributed by atoms with Crippen LogP contribution in [0.15, 0.2) is 109 Å². The first-order valence-electron chi connectivity index (χ1n) is 20.0. The second kappa shape index (κ2) is 21.7. The zero-order valence-corrected chi connectivity index (χ0v) is 37.1. The van der Waals surface area contributed by atoms with E-state index in [1.807, 2.05) is 67.5 Å². The van der Waals surface area contributed by atoms with E-state index in [1.54, 1.807) is 91.4 Å². The van der Waals surface area contributed by atoms with Gasteiger partial charge in [-0.05, 0) is 84.9 Å². The summed E-state index contributed by atoms with van der Waals surface area (Å²) in [6.07, 6.45) is 3.46. The zero-order chi connectivity index (χ0) is 44.0. The molecule has 7 rings (SSSR count). The van der Waals surface area contributed by atoms with Gasteiger partial charge in [0.15, 0.2) is 0 Å². The molecule has 0 aliphatic carbocycles. The third-order valence-corrected chi connectivity index (χ3v) is 10.5. The van der Waals surface area contributed by atoms with Gasteiger partial charge in [0.2, 0.25) is 5.91 Å². The molecule has 3 amide bonds. The Labute approximate surface area is 369 Å². The zero-order valence-electron chi connectivity index (χ0n) is 35.5. The van der Waals surface area contributed by atoms with Crippen molar-refractivity contribution in [2.75, 3.05) is 76.1 Å². The molecule has 0 spiro atoms. The van der Waals surface area contributed by atoms with Crippen molar-refractivity contribution >= 4 is 45.0 Å². The van der Waals surface area contributed by atoms with Crippen LogP contribution >= 0.6 is 15.9 Å². The first-order valence-corrected chi connectivity index (χ1v) is 21.1. The average molecular weight is 908 g/mol. The lowest BCUT2D eigenvalue weighted by molar-refractivity contribution is -0.130. The molecular formula is C46H51BrN8O7. The van der Waals surface area contributed by atoms with Crippen LogP contribution in [0.25, 0.3) is 22.5 Å². The van der Waals surface area contributed by atoms with Crippen molar-refractivity contribution in [3.05, 3.63) is 121 Å². The fraction of sp³-hybridized carbons (Fsp3) is 0.283. The molecule has 1 saturated heterocycles. The molecule has 324 valence electrons. The lowest BCUT2D eigenvalue weighted by atomic mass is 10.1. The summed E-state index contributed by atoms with van der Waals surface area (Å²) in [7, 11) is 6.88. The quantitative estimate of drug-likeness (QED) is 0.103. The minimum absolute atomic E-state index is 0.125. The molecule has 62 heavy (non-hydrogen) atoms. The van der Waals surface area contributed by atoms with Gasteiger partial charge in [0, 0.05) is 105 Å². The predicted octanol–water partition coefficient (Wildman–Crippen LogP) is 7.01. The molecule has 4 aromatic carbocycles. The fourth-order valence-electron chi connectivity index (χ4n) is 6.80. The van der Waals surface area contributed by atoms with Crippen LogP contribution in [0.3, 0.4) is 0 Å². The Bertz CT molecular complexity index is 2460. The summed E-state index contributed by atoms with van der Waals surface area (Å²) in [5.74, 6) is 2.40. The number of aryl methyl sites for hydroxylation is 2. The Morgan fingerprint density at radius 1 is 0.645 bits per heavy atom. The van der Waals surface area contributed by atoms with E-state index in [0.717, 1.165) is 72.1 Å². The van der Waals surface area contributed by atoms with Gasteiger partial charge >= 0.3 is 0 Å². The summed E-state index contributed by atoms with van der Waals surface area (Å²) >= 11 is 3.37.